The van der Waals surface area contributed by atoms with Crippen molar-refractivity contribution in [1.29, 1.82) is 5.41 Å². The fourth-order valence-electron chi connectivity index (χ4n) is 1.87. The molecule has 0 saturated heterocycles. The first kappa shape index (κ1) is 14.3. The average molecular weight is 290 g/mol. The third-order valence-corrected chi connectivity index (χ3v) is 3.51. The number of ether oxygens (including phenoxy) is 1. The smallest absolute Gasteiger partial charge is 0.141 e. The Kier molecular flexibility index (Phi) is 4.25. The van der Waals surface area contributed by atoms with Gasteiger partial charge in [-0.15, -0.1) is 0 Å². The van der Waals surface area contributed by atoms with E-state index in [-0.39, 0.29) is 5.84 Å². The normalized spacial score (nSPS) is 10.3. The molecule has 0 amide bonds. The number of aromatic nitrogens is 1. The first-order chi connectivity index (χ1) is 9.47. The molecule has 1 heterocycles. The summed E-state index contributed by atoms with van der Waals surface area (Å²) < 4.78 is 5.75. The lowest BCUT2D eigenvalue weighted by Crippen LogP contribution is -2.13. The molecule has 0 aliphatic heterocycles. The van der Waals surface area contributed by atoms with Gasteiger partial charge < -0.3 is 10.5 Å². The highest BCUT2D eigenvalue weighted by Crippen LogP contribution is 2.26. The van der Waals surface area contributed by atoms with Gasteiger partial charge in [-0.05, 0) is 54.8 Å². The lowest BCUT2D eigenvalue weighted by atomic mass is 10.1. The van der Waals surface area contributed by atoms with Crippen molar-refractivity contribution in [3.05, 3.63) is 57.9 Å². The van der Waals surface area contributed by atoms with E-state index in [9.17, 15) is 0 Å². The number of hydrogen-bond donors (Lipinski definition) is 2. The molecule has 0 spiro atoms. The van der Waals surface area contributed by atoms with Crippen molar-refractivity contribution < 1.29 is 4.74 Å². The van der Waals surface area contributed by atoms with Crippen molar-refractivity contribution in [2.24, 2.45) is 5.73 Å². The summed E-state index contributed by atoms with van der Waals surface area (Å²) in [4.78, 5) is 4.01. The second kappa shape index (κ2) is 5.92. The molecule has 0 atom stereocenters. The van der Waals surface area contributed by atoms with Gasteiger partial charge >= 0.3 is 0 Å². The zero-order chi connectivity index (χ0) is 14.7. The largest absolute Gasteiger partial charge is 0.489 e. The second-order valence-electron chi connectivity index (χ2n) is 4.62. The number of nitrogens with one attached hydrogen (secondary N) is 1. The molecular formula is C15H16ClN3O. The summed E-state index contributed by atoms with van der Waals surface area (Å²) in [6, 6.07) is 7.39. The fourth-order valence-corrected chi connectivity index (χ4v) is 1.98. The van der Waals surface area contributed by atoms with E-state index in [1.54, 1.807) is 12.3 Å². The number of pyridine rings is 1. The Bertz CT molecular complexity index is 632. The van der Waals surface area contributed by atoms with Gasteiger partial charge in [-0.3, -0.25) is 10.4 Å². The van der Waals surface area contributed by atoms with Gasteiger partial charge in [0.2, 0.25) is 0 Å². The minimum absolute atomic E-state index is 0.0509. The topological polar surface area (TPSA) is 72.0 Å². The molecule has 0 unspecified atom stereocenters. The first-order valence-electron chi connectivity index (χ1n) is 6.16. The van der Waals surface area contributed by atoms with Crippen molar-refractivity contribution in [2.75, 3.05) is 0 Å². The molecule has 1 aromatic carbocycles. The Morgan fingerprint density at radius 2 is 1.95 bits per heavy atom. The quantitative estimate of drug-likeness (QED) is 0.670. The summed E-state index contributed by atoms with van der Waals surface area (Å²) in [7, 11) is 0. The lowest BCUT2D eigenvalue weighted by Gasteiger charge is -2.10. The van der Waals surface area contributed by atoms with Crippen LogP contribution in [0.4, 0.5) is 0 Å². The van der Waals surface area contributed by atoms with Crippen molar-refractivity contribution in [3.63, 3.8) is 0 Å². The highest BCUT2D eigenvalue weighted by Gasteiger charge is 2.05. The number of halogens is 1. The maximum Gasteiger partial charge on any atom is 0.141 e. The monoisotopic (exact) mass is 289 g/mol. The number of amidine groups is 1. The molecule has 3 N–H and O–H groups in total. The van der Waals surface area contributed by atoms with Crippen LogP contribution in [0.1, 0.15) is 22.4 Å². The standard InChI is InChI=1S/C15H16ClN3O/c1-9-5-12(6-10(2)14(9)16)20-8-11-3-4-19-13(7-11)15(17)18/h3-7H,8H2,1-2H3,(H3,17,18). The van der Waals surface area contributed by atoms with Crippen LogP contribution in [-0.4, -0.2) is 10.8 Å². The van der Waals surface area contributed by atoms with Crippen LogP contribution in [0, 0.1) is 19.3 Å². The maximum absolute atomic E-state index is 7.37. The van der Waals surface area contributed by atoms with Gasteiger partial charge in [0.15, 0.2) is 0 Å². The third kappa shape index (κ3) is 3.27. The Balaban J connectivity index is 2.13. The van der Waals surface area contributed by atoms with Gasteiger partial charge in [0, 0.05) is 11.2 Å². The average Bonchev–Trinajstić information content (AvgIpc) is 2.42. The van der Waals surface area contributed by atoms with Crippen LogP contribution in [0.2, 0.25) is 5.02 Å². The van der Waals surface area contributed by atoms with Crippen LogP contribution in [0.25, 0.3) is 0 Å². The van der Waals surface area contributed by atoms with Crippen LogP contribution in [0.5, 0.6) is 5.75 Å². The summed E-state index contributed by atoms with van der Waals surface area (Å²) in [6.45, 7) is 4.29. The zero-order valence-electron chi connectivity index (χ0n) is 11.4. The summed E-state index contributed by atoms with van der Waals surface area (Å²) in [6.07, 6.45) is 1.62. The van der Waals surface area contributed by atoms with Crippen molar-refractivity contribution in [3.8, 4) is 5.75 Å². The Labute approximate surface area is 123 Å². The SMILES string of the molecule is Cc1cc(OCc2ccnc(C(=N)N)c2)cc(C)c1Cl. The Hall–Kier alpha value is -2.07. The van der Waals surface area contributed by atoms with Crippen molar-refractivity contribution in [1.82, 2.24) is 4.98 Å². The van der Waals surface area contributed by atoms with E-state index in [1.165, 1.54) is 0 Å². The van der Waals surface area contributed by atoms with E-state index in [4.69, 9.17) is 27.5 Å². The molecule has 4 nitrogen and oxygen atoms in total. The first-order valence-corrected chi connectivity index (χ1v) is 6.54. The molecule has 0 fully saturated rings. The number of aryl methyl sites for hydroxylation is 2. The predicted octanol–water partition coefficient (Wildman–Crippen LogP) is 3.21. The molecule has 5 heteroatoms. The molecule has 20 heavy (non-hydrogen) atoms. The Morgan fingerprint density at radius 3 is 2.55 bits per heavy atom. The maximum atomic E-state index is 7.37. The molecule has 0 saturated carbocycles. The van der Waals surface area contributed by atoms with E-state index in [1.807, 2.05) is 32.0 Å². The molecule has 0 bridgehead atoms. The highest BCUT2D eigenvalue weighted by molar-refractivity contribution is 6.32. The number of benzene rings is 1. The molecule has 2 rings (SSSR count). The van der Waals surface area contributed by atoms with E-state index in [0.717, 1.165) is 27.5 Å². The van der Waals surface area contributed by atoms with Crippen LogP contribution in [0.15, 0.2) is 30.5 Å². The van der Waals surface area contributed by atoms with E-state index < -0.39 is 0 Å². The van der Waals surface area contributed by atoms with Crippen LogP contribution >= 0.6 is 11.6 Å². The predicted molar refractivity (Wildman–Crippen MR) is 80.5 cm³/mol. The summed E-state index contributed by atoms with van der Waals surface area (Å²) in [5, 5.41) is 8.13. The molecular weight excluding hydrogens is 274 g/mol. The molecule has 0 aliphatic carbocycles. The number of rotatable bonds is 4. The third-order valence-electron chi connectivity index (χ3n) is 2.92. The molecule has 0 aliphatic rings. The molecule has 0 radical (unpaired) electrons. The van der Waals surface area contributed by atoms with E-state index in [0.29, 0.717) is 12.3 Å². The van der Waals surface area contributed by atoms with Crippen LogP contribution in [0.3, 0.4) is 0 Å². The number of nitrogens with zero attached hydrogens (tertiary/aromatic N) is 1. The fraction of sp³-hybridized carbons (Fsp3) is 0.200. The minimum Gasteiger partial charge on any atom is -0.489 e. The minimum atomic E-state index is -0.0509. The molecule has 104 valence electrons. The van der Waals surface area contributed by atoms with Gasteiger partial charge in [0.05, 0.1) is 0 Å². The molecule has 1 aromatic heterocycles. The van der Waals surface area contributed by atoms with Crippen molar-refractivity contribution in [2.45, 2.75) is 20.5 Å². The van der Waals surface area contributed by atoms with Gasteiger partial charge in [-0.2, -0.15) is 0 Å². The summed E-state index contributed by atoms with van der Waals surface area (Å²) in [5.74, 6) is 0.718. The van der Waals surface area contributed by atoms with Crippen molar-refractivity contribution >= 4 is 17.4 Å². The highest BCUT2D eigenvalue weighted by atomic mass is 35.5. The summed E-state index contributed by atoms with van der Waals surface area (Å²) in [5.41, 5.74) is 8.75. The zero-order valence-corrected chi connectivity index (χ0v) is 12.2. The van der Waals surface area contributed by atoms with Gasteiger partial charge in [0.25, 0.3) is 0 Å². The number of nitrogen functional groups attached to an aromatic ring is 1. The number of nitrogens with two attached hydrogens (primary N) is 1. The van der Waals surface area contributed by atoms with Gasteiger partial charge in [-0.1, -0.05) is 11.6 Å². The summed E-state index contributed by atoms with van der Waals surface area (Å²) >= 11 is 6.12. The van der Waals surface area contributed by atoms with Gasteiger partial charge in [-0.25, -0.2) is 0 Å². The van der Waals surface area contributed by atoms with Crippen LogP contribution < -0.4 is 10.5 Å². The van der Waals surface area contributed by atoms with Gasteiger partial charge in [0.1, 0.15) is 23.9 Å². The molecule has 2 aromatic rings. The lowest BCUT2D eigenvalue weighted by molar-refractivity contribution is 0.305. The van der Waals surface area contributed by atoms with E-state index in [2.05, 4.69) is 4.98 Å². The Morgan fingerprint density at radius 1 is 1.30 bits per heavy atom. The second-order valence-corrected chi connectivity index (χ2v) is 5.00. The number of hydrogen-bond acceptors (Lipinski definition) is 3. The van der Waals surface area contributed by atoms with E-state index >= 15 is 0 Å². The van der Waals surface area contributed by atoms with Crippen LogP contribution in [-0.2, 0) is 6.61 Å².